The molecule has 0 amide bonds. The molecule has 1 aromatic rings. The topological polar surface area (TPSA) is 56.7 Å². The van der Waals surface area contributed by atoms with Gasteiger partial charge in [-0.25, -0.2) is 0 Å². The lowest BCUT2D eigenvalue weighted by Crippen LogP contribution is -2.89. The van der Waals surface area contributed by atoms with Crippen molar-refractivity contribution >= 4 is 5.97 Å². The van der Waals surface area contributed by atoms with Gasteiger partial charge in [-0.1, -0.05) is 30.8 Å². The molecule has 0 atom stereocenters. The number of carbonyl (C=O) groups is 1. The molecule has 0 saturated heterocycles. The van der Waals surface area contributed by atoms with Crippen LogP contribution in [0.15, 0.2) is 36.9 Å². The van der Waals surface area contributed by atoms with Gasteiger partial charge in [-0.3, -0.25) is 0 Å². The predicted molar refractivity (Wildman–Crippen MR) is 67.3 cm³/mol. The predicted octanol–water partition coefficient (Wildman–Crippen LogP) is 0.346. The maximum atomic E-state index is 9.14. The number of carbonyl (C=O) groups excluding carboxylic acids is 1. The van der Waals surface area contributed by atoms with Crippen molar-refractivity contribution in [3.63, 3.8) is 0 Å². The van der Waals surface area contributed by atoms with Gasteiger partial charge in [0.25, 0.3) is 0 Å². The highest BCUT2D eigenvalue weighted by atomic mass is 16.4. The SMILES string of the molecule is C=CC(=O)[O-].C[NH2+]C(C)(C)c1ccccc1C. The van der Waals surface area contributed by atoms with Crippen LogP contribution in [-0.2, 0) is 10.3 Å². The number of carboxylic acid groups (broad SMARTS) is 1. The number of hydrogen-bond donors (Lipinski definition) is 1. The van der Waals surface area contributed by atoms with Crippen LogP contribution in [0, 0.1) is 6.92 Å². The average Bonchev–Trinajstić information content (AvgIpc) is 2.30. The highest BCUT2D eigenvalue weighted by molar-refractivity contribution is 5.76. The molecule has 1 rings (SSSR count). The summed E-state index contributed by atoms with van der Waals surface area (Å²) in [6, 6.07) is 8.56. The third kappa shape index (κ3) is 5.31. The first-order valence-corrected chi connectivity index (χ1v) is 5.55. The van der Waals surface area contributed by atoms with E-state index in [0.29, 0.717) is 0 Å². The lowest BCUT2D eigenvalue weighted by atomic mass is 9.91. The molecule has 3 nitrogen and oxygen atoms in total. The number of hydrogen-bond acceptors (Lipinski definition) is 2. The quantitative estimate of drug-likeness (QED) is 0.768. The molecule has 1 aromatic carbocycles. The Bertz CT molecular complexity index is 384. The van der Waals surface area contributed by atoms with E-state index in [2.05, 4.69) is 64.0 Å². The van der Waals surface area contributed by atoms with Crippen molar-refractivity contribution in [2.75, 3.05) is 7.05 Å². The molecule has 0 aliphatic heterocycles. The fourth-order valence-corrected chi connectivity index (χ4v) is 1.45. The van der Waals surface area contributed by atoms with Crippen molar-refractivity contribution in [3.05, 3.63) is 48.0 Å². The monoisotopic (exact) mass is 235 g/mol. The maximum absolute atomic E-state index is 9.14. The van der Waals surface area contributed by atoms with Gasteiger partial charge in [-0.15, -0.1) is 0 Å². The van der Waals surface area contributed by atoms with Crippen molar-refractivity contribution in [1.82, 2.24) is 0 Å². The van der Waals surface area contributed by atoms with Crippen LogP contribution in [0.25, 0.3) is 0 Å². The highest BCUT2D eigenvalue weighted by Crippen LogP contribution is 2.18. The number of aryl methyl sites for hydroxylation is 1. The lowest BCUT2D eigenvalue weighted by molar-refractivity contribution is -0.705. The molecule has 0 aliphatic rings. The van der Waals surface area contributed by atoms with Gasteiger partial charge in [-0.2, -0.15) is 0 Å². The summed E-state index contributed by atoms with van der Waals surface area (Å²) in [4.78, 5) is 9.14. The molecule has 0 spiro atoms. The van der Waals surface area contributed by atoms with E-state index in [0.717, 1.165) is 6.08 Å². The molecule has 0 saturated carbocycles. The lowest BCUT2D eigenvalue weighted by Gasteiger charge is -2.22. The average molecular weight is 235 g/mol. The molecule has 0 unspecified atom stereocenters. The van der Waals surface area contributed by atoms with E-state index < -0.39 is 5.97 Å². The van der Waals surface area contributed by atoms with Gasteiger partial charge in [0.2, 0.25) is 0 Å². The Morgan fingerprint density at radius 1 is 1.41 bits per heavy atom. The van der Waals surface area contributed by atoms with Crippen molar-refractivity contribution in [2.45, 2.75) is 26.3 Å². The Hall–Kier alpha value is -1.61. The number of quaternary nitrogens is 1. The first-order valence-electron chi connectivity index (χ1n) is 5.55. The smallest absolute Gasteiger partial charge is 0.116 e. The summed E-state index contributed by atoms with van der Waals surface area (Å²) in [6.45, 7) is 9.56. The summed E-state index contributed by atoms with van der Waals surface area (Å²) in [5.74, 6) is -1.23. The van der Waals surface area contributed by atoms with Crippen LogP contribution in [0.1, 0.15) is 25.0 Å². The molecular weight excluding hydrogens is 214 g/mol. The Morgan fingerprint density at radius 3 is 2.24 bits per heavy atom. The van der Waals surface area contributed by atoms with Gasteiger partial charge >= 0.3 is 0 Å². The van der Waals surface area contributed by atoms with Gasteiger partial charge < -0.3 is 15.2 Å². The largest absolute Gasteiger partial charge is 0.545 e. The van der Waals surface area contributed by atoms with Crippen molar-refractivity contribution in [3.8, 4) is 0 Å². The van der Waals surface area contributed by atoms with Crippen LogP contribution < -0.4 is 10.4 Å². The molecule has 0 fully saturated rings. The number of benzene rings is 1. The first kappa shape index (κ1) is 15.4. The second-order valence-corrected chi connectivity index (χ2v) is 4.35. The van der Waals surface area contributed by atoms with E-state index in [9.17, 15) is 0 Å². The Morgan fingerprint density at radius 2 is 1.88 bits per heavy atom. The number of aliphatic carboxylic acids is 1. The van der Waals surface area contributed by atoms with Crippen LogP contribution >= 0.6 is 0 Å². The van der Waals surface area contributed by atoms with Crippen molar-refractivity contribution in [2.24, 2.45) is 0 Å². The van der Waals surface area contributed by atoms with Crippen LogP contribution in [-0.4, -0.2) is 13.0 Å². The van der Waals surface area contributed by atoms with Crippen molar-refractivity contribution in [1.29, 1.82) is 0 Å². The maximum Gasteiger partial charge on any atom is 0.116 e. The van der Waals surface area contributed by atoms with E-state index >= 15 is 0 Å². The van der Waals surface area contributed by atoms with Crippen LogP contribution in [0.5, 0.6) is 0 Å². The molecule has 0 radical (unpaired) electrons. The zero-order valence-electron chi connectivity index (χ0n) is 11.0. The molecule has 0 aromatic heterocycles. The summed E-state index contributed by atoms with van der Waals surface area (Å²) in [6.07, 6.45) is 0.722. The fourth-order valence-electron chi connectivity index (χ4n) is 1.45. The molecular formula is C14H21NO2. The van der Waals surface area contributed by atoms with Gasteiger partial charge in [0.15, 0.2) is 0 Å². The van der Waals surface area contributed by atoms with Crippen LogP contribution in [0.3, 0.4) is 0 Å². The molecule has 0 heterocycles. The zero-order valence-corrected chi connectivity index (χ0v) is 11.0. The zero-order chi connectivity index (χ0) is 13.5. The summed E-state index contributed by atoms with van der Waals surface area (Å²) < 4.78 is 0. The minimum absolute atomic E-state index is 0.200. The Kier molecular flexibility index (Phi) is 6.21. The van der Waals surface area contributed by atoms with Gasteiger partial charge in [0.1, 0.15) is 5.54 Å². The molecule has 0 aliphatic carbocycles. The third-order valence-corrected chi connectivity index (χ3v) is 2.73. The fraction of sp³-hybridized carbons (Fsp3) is 0.357. The van der Waals surface area contributed by atoms with E-state index in [4.69, 9.17) is 9.90 Å². The summed E-state index contributed by atoms with van der Waals surface area (Å²) >= 11 is 0. The number of rotatable bonds is 3. The summed E-state index contributed by atoms with van der Waals surface area (Å²) in [5, 5.41) is 11.4. The number of carboxylic acids is 1. The second kappa shape index (κ2) is 6.86. The van der Waals surface area contributed by atoms with E-state index in [1.54, 1.807) is 0 Å². The van der Waals surface area contributed by atoms with E-state index in [-0.39, 0.29) is 5.54 Å². The molecule has 2 N–H and O–H groups in total. The molecule has 3 heteroatoms. The Balaban J connectivity index is 0.000000437. The molecule has 17 heavy (non-hydrogen) atoms. The van der Waals surface area contributed by atoms with Gasteiger partial charge in [0.05, 0.1) is 13.0 Å². The van der Waals surface area contributed by atoms with Gasteiger partial charge in [0, 0.05) is 5.56 Å². The number of nitrogens with two attached hydrogens (primary N) is 1. The minimum Gasteiger partial charge on any atom is -0.545 e. The molecule has 0 bridgehead atoms. The molecule has 94 valence electrons. The van der Waals surface area contributed by atoms with E-state index in [1.165, 1.54) is 11.1 Å². The normalized spacial score (nSPS) is 10.1. The first-order chi connectivity index (χ1) is 7.85. The standard InChI is InChI=1S/C11H17N.C3H4O2/c1-9-7-5-6-8-10(9)11(2,3)12-4;1-2-3(4)5/h5-8,12H,1-4H3;2H,1H2,(H,4,5). The summed E-state index contributed by atoms with van der Waals surface area (Å²) in [5.41, 5.74) is 3.00. The van der Waals surface area contributed by atoms with Crippen LogP contribution in [0.4, 0.5) is 0 Å². The highest BCUT2D eigenvalue weighted by Gasteiger charge is 2.22. The third-order valence-electron chi connectivity index (χ3n) is 2.73. The second-order valence-electron chi connectivity index (χ2n) is 4.35. The van der Waals surface area contributed by atoms with E-state index in [1.807, 2.05) is 0 Å². The summed E-state index contributed by atoms with van der Waals surface area (Å²) in [7, 11) is 2.12. The minimum atomic E-state index is -1.23. The van der Waals surface area contributed by atoms with Gasteiger partial charge in [-0.05, 0) is 32.4 Å². The van der Waals surface area contributed by atoms with Crippen molar-refractivity contribution < 1.29 is 15.2 Å². The van der Waals surface area contributed by atoms with Crippen LogP contribution in [0.2, 0.25) is 0 Å². The Labute approximate surface area is 103 Å².